The molecule has 22 heavy (non-hydrogen) atoms. The maximum Gasteiger partial charge on any atom is 0.410 e. The third-order valence-electron chi connectivity index (χ3n) is 4.10. The number of piperidine rings is 1. The number of fused-ring (bicyclic) bond motifs is 3. The smallest absolute Gasteiger partial charge is 0.410 e. The van der Waals surface area contributed by atoms with E-state index in [4.69, 9.17) is 9.47 Å². The van der Waals surface area contributed by atoms with E-state index >= 15 is 0 Å². The molecule has 1 fully saturated rings. The van der Waals surface area contributed by atoms with Crippen molar-refractivity contribution in [3.8, 4) is 5.75 Å². The molecule has 3 rings (SSSR count). The number of carbonyl (C=O) groups excluding carboxylic acids is 1. The number of nitrogens with zero attached hydrogens (tertiary/aromatic N) is 1. The molecule has 0 aromatic heterocycles. The van der Waals surface area contributed by atoms with Crippen LogP contribution in [0.5, 0.6) is 5.75 Å². The first-order chi connectivity index (χ1) is 10.3. The number of rotatable bonds is 0. The van der Waals surface area contributed by atoms with Gasteiger partial charge in [-0.3, -0.25) is 4.90 Å². The molecular formula is C17H23NO4. The maximum absolute atomic E-state index is 12.5. The minimum Gasteiger partial charge on any atom is -0.508 e. The van der Waals surface area contributed by atoms with Crippen LogP contribution in [0.15, 0.2) is 18.2 Å². The van der Waals surface area contributed by atoms with Crippen LogP contribution < -0.4 is 0 Å². The van der Waals surface area contributed by atoms with Gasteiger partial charge in [0.15, 0.2) is 0 Å². The lowest BCUT2D eigenvalue weighted by Gasteiger charge is -2.44. The van der Waals surface area contributed by atoms with Crippen LogP contribution in [0.2, 0.25) is 0 Å². The van der Waals surface area contributed by atoms with Crippen molar-refractivity contribution in [1.82, 2.24) is 4.90 Å². The second kappa shape index (κ2) is 5.47. The fourth-order valence-corrected chi connectivity index (χ4v) is 3.23. The average Bonchev–Trinajstić information content (AvgIpc) is 2.44. The van der Waals surface area contributed by atoms with Crippen molar-refractivity contribution in [2.45, 2.75) is 58.0 Å². The van der Waals surface area contributed by atoms with E-state index in [1.54, 1.807) is 17.0 Å². The average molecular weight is 305 g/mol. The first-order valence-corrected chi connectivity index (χ1v) is 7.78. The number of aromatic hydroxyl groups is 1. The molecule has 2 heterocycles. The Morgan fingerprint density at radius 3 is 2.91 bits per heavy atom. The van der Waals surface area contributed by atoms with Gasteiger partial charge in [-0.15, -0.1) is 0 Å². The van der Waals surface area contributed by atoms with Gasteiger partial charge in [0.05, 0.1) is 18.8 Å². The van der Waals surface area contributed by atoms with E-state index in [1.807, 2.05) is 26.8 Å². The topological polar surface area (TPSA) is 59.0 Å². The Labute approximate surface area is 130 Å². The molecule has 0 spiro atoms. The van der Waals surface area contributed by atoms with Crippen molar-refractivity contribution in [2.24, 2.45) is 0 Å². The molecule has 0 aliphatic carbocycles. The summed E-state index contributed by atoms with van der Waals surface area (Å²) in [6.07, 6.45) is 1.54. The Morgan fingerprint density at radius 1 is 1.41 bits per heavy atom. The van der Waals surface area contributed by atoms with Gasteiger partial charge in [0.2, 0.25) is 0 Å². The van der Waals surface area contributed by atoms with Gasteiger partial charge in [-0.25, -0.2) is 4.79 Å². The monoisotopic (exact) mass is 305 g/mol. The Hall–Kier alpha value is -1.75. The van der Waals surface area contributed by atoms with Crippen LogP contribution in [0.1, 0.15) is 50.8 Å². The number of phenolic OH excluding ortho intramolecular Hbond substituents is 1. The van der Waals surface area contributed by atoms with Crippen molar-refractivity contribution < 1.29 is 19.4 Å². The van der Waals surface area contributed by atoms with E-state index in [2.05, 4.69) is 0 Å². The van der Waals surface area contributed by atoms with E-state index in [0.717, 1.165) is 24.0 Å². The SMILES string of the molecule is CC(C)(C)OC(=O)N1CCC[C@@H]2OCc3cc(O)ccc3[C@@H]21. The normalized spacial score (nSPS) is 24.4. The first-order valence-electron chi connectivity index (χ1n) is 7.78. The van der Waals surface area contributed by atoms with Crippen LogP contribution in [0, 0.1) is 0 Å². The molecule has 0 unspecified atom stereocenters. The van der Waals surface area contributed by atoms with Gasteiger partial charge < -0.3 is 14.6 Å². The van der Waals surface area contributed by atoms with E-state index < -0.39 is 5.60 Å². The Balaban J connectivity index is 1.92. The van der Waals surface area contributed by atoms with Gasteiger partial charge in [-0.1, -0.05) is 6.07 Å². The molecule has 0 radical (unpaired) electrons. The van der Waals surface area contributed by atoms with Crippen LogP contribution in [-0.2, 0) is 16.1 Å². The summed E-state index contributed by atoms with van der Waals surface area (Å²) >= 11 is 0. The number of benzene rings is 1. The Morgan fingerprint density at radius 2 is 2.18 bits per heavy atom. The minimum absolute atomic E-state index is 0.00156. The third-order valence-corrected chi connectivity index (χ3v) is 4.10. The standard InChI is InChI=1S/C17H23NO4/c1-17(2,3)22-16(20)18-8-4-5-14-15(18)13-7-6-12(19)9-11(13)10-21-14/h6-7,9,14-15,19H,4-5,8,10H2,1-3H3/t14-,15-/m0/s1. The molecule has 0 saturated carbocycles. The molecule has 2 aliphatic rings. The summed E-state index contributed by atoms with van der Waals surface area (Å²) in [6.45, 7) is 6.76. The molecule has 2 aliphatic heterocycles. The predicted molar refractivity (Wildman–Crippen MR) is 81.6 cm³/mol. The highest BCUT2D eigenvalue weighted by molar-refractivity contribution is 5.69. The summed E-state index contributed by atoms with van der Waals surface area (Å²) in [4.78, 5) is 14.3. The lowest BCUT2D eigenvalue weighted by molar-refractivity contribution is -0.0712. The van der Waals surface area contributed by atoms with E-state index in [0.29, 0.717) is 13.2 Å². The molecule has 1 aromatic rings. The number of phenols is 1. The van der Waals surface area contributed by atoms with Crippen LogP contribution in [-0.4, -0.2) is 34.3 Å². The van der Waals surface area contributed by atoms with Crippen molar-refractivity contribution in [3.05, 3.63) is 29.3 Å². The van der Waals surface area contributed by atoms with Crippen LogP contribution in [0.25, 0.3) is 0 Å². The lowest BCUT2D eigenvalue weighted by Crippen LogP contribution is -2.49. The zero-order chi connectivity index (χ0) is 15.9. The summed E-state index contributed by atoms with van der Waals surface area (Å²) in [7, 11) is 0. The van der Waals surface area contributed by atoms with Gasteiger partial charge in [0.1, 0.15) is 11.4 Å². The van der Waals surface area contributed by atoms with Crippen molar-refractivity contribution in [1.29, 1.82) is 0 Å². The molecule has 1 aromatic carbocycles. The third kappa shape index (κ3) is 2.90. The zero-order valence-corrected chi connectivity index (χ0v) is 13.3. The van der Waals surface area contributed by atoms with Crippen molar-refractivity contribution >= 4 is 6.09 Å². The first kappa shape index (κ1) is 15.2. The molecule has 2 atom stereocenters. The van der Waals surface area contributed by atoms with Gasteiger partial charge in [0.25, 0.3) is 0 Å². The molecule has 1 N–H and O–H groups in total. The van der Waals surface area contributed by atoms with Gasteiger partial charge >= 0.3 is 6.09 Å². The second-order valence-corrected chi connectivity index (χ2v) is 6.99. The number of ether oxygens (including phenoxy) is 2. The largest absolute Gasteiger partial charge is 0.508 e. The minimum atomic E-state index is -0.517. The zero-order valence-electron chi connectivity index (χ0n) is 13.3. The van der Waals surface area contributed by atoms with Crippen LogP contribution >= 0.6 is 0 Å². The Bertz CT molecular complexity index is 579. The molecular weight excluding hydrogens is 282 g/mol. The molecule has 120 valence electrons. The summed E-state index contributed by atoms with van der Waals surface area (Å²) in [5, 5.41) is 9.65. The van der Waals surface area contributed by atoms with Gasteiger partial charge in [-0.05, 0) is 56.9 Å². The van der Waals surface area contributed by atoms with Crippen molar-refractivity contribution in [2.75, 3.05) is 6.54 Å². The van der Waals surface area contributed by atoms with E-state index in [9.17, 15) is 9.90 Å². The molecule has 1 saturated heterocycles. The van der Waals surface area contributed by atoms with Crippen LogP contribution in [0.3, 0.4) is 0 Å². The summed E-state index contributed by atoms with van der Waals surface area (Å²) in [5.74, 6) is 0.223. The summed E-state index contributed by atoms with van der Waals surface area (Å²) in [6, 6.07) is 5.15. The molecule has 0 bridgehead atoms. The lowest BCUT2D eigenvalue weighted by atomic mass is 9.87. The van der Waals surface area contributed by atoms with Gasteiger partial charge in [0, 0.05) is 6.54 Å². The van der Waals surface area contributed by atoms with Crippen molar-refractivity contribution in [3.63, 3.8) is 0 Å². The molecule has 1 amide bonds. The van der Waals surface area contributed by atoms with Crippen LogP contribution in [0.4, 0.5) is 4.79 Å². The van der Waals surface area contributed by atoms with E-state index in [-0.39, 0.29) is 24.0 Å². The number of amides is 1. The van der Waals surface area contributed by atoms with Gasteiger partial charge in [-0.2, -0.15) is 0 Å². The highest BCUT2D eigenvalue weighted by atomic mass is 16.6. The molecule has 5 heteroatoms. The maximum atomic E-state index is 12.5. The molecule has 5 nitrogen and oxygen atoms in total. The summed E-state index contributed by atoms with van der Waals surface area (Å²) in [5.41, 5.74) is 1.48. The quantitative estimate of drug-likeness (QED) is 0.798. The predicted octanol–water partition coefficient (Wildman–Crippen LogP) is 3.36. The highest BCUT2D eigenvalue weighted by Gasteiger charge is 2.41. The number of carbonyl (C=O) groups is 1. The number of hydrogen-bond donors (Lipinski definition) is 1. The fourth-order valence-electron chi connectivity index (χ4n) is 3.23. The van der Waals surface area contributed by atoms with E-state index in [1.165, 1.54) is 0 Å². The fraction of sp³-hybridized carbons (Fsp3) is 0.588. The number of hydrogen-bond acceptors (Lipinski definition) is 4. The summed E-state index contributed by atoms with van der Waals surface area (Å²) < 4.78 is 11.5. The number of likely N-dealkylation sites (tertiary alicyclic amines) is 1. The highest BCUT2D eigenvalue weighted by Crippen LogP contribution is 2.40. The second-order valence-electron chi connectivity index (χ2n) is 6.99. The Kier molecular flexibility index (Phi) is 3.77.